The number of aryl methyl sites for hydroxylation is 3. The van der Waals surface area contributed by atoms with Crippen LogP contribution in [0.4, 0.5) is 0 Å². The zero-order valence-electron chi connectivity index (χ0n) is 10.3. The molecule has 17 heavy (non-hydrogen) atoms. The summed E-state index contributed by atoms with van der Waals surface area (Å²) in [4.78, 5) is 1.26. The summed E-state index contributed by atoms with van der Waals surface area (Å²) in [6.45, 7) is 4.19. The van der Waals surface area contributed by atoms with Crippen molar-refractivity contribution < 1.29 is 5.11 Å². The lowest BCUT2D eigenvalue weighted by atomic mass is 10.00. The van der Waals surface area contributed by atoms with Gasteiger partial charge in [-0.05, 0) is 54.8 Å². The van der Waals surface area contributed by atoms with Gasteiger partial charge in [-0.1, -0.05) is 24.3 Å². The van der Waals surface area contributed by atoms with Crippen LogP contribution in [-0.2, 0) is 6.42 Å². The van der Waals surface area contributed by atoms with Crippen molar-refractivity contribution >= 4 is 11.3 Å². The predicted octanol–water partition coefficient (Wildman–Crippen LogP) is 4.03. The van der Waals surface area contributed by atoms with Crippen LogP contribution in [0.2, 0.25) is 0 Å². The van der Waals surface area contributed by atoms with Crippen LogP contribution in [0.5, 0.6) is 0 Å². The summed E-state index contributed by atoms with van der Waals surface area (Å²) >= 11 is 1.70. The molecule has 0 aliphatic rings. The molecule has 1 aromatic heterocycles. The maximum absolute atomic E-state index is 10.1. The highest BCUT2D eigenvalue weighted by Gasteiger charge is 2.09. The third kappa shape index (κ3) is 3.18. The molecule has 1 nitrogen and oxygen atoms in total. The summed E-state index contributed by atoms with van der Waals surface area (Å²) < 4.78 is 0. The third-order valence-corrected chi connectivity index (χ3v) is 3.96. The lowest BCUT2D eigenvalue weighted by molar-refractivity contribution is 0.168. The Bertz CT molecular complexity index is 487. The molecule has 0 saturated heterocycles. The lowest BCUT2D eigenvalue weighted by Gasteiger charge is -2.10. The summed E-state index contributed by atoms with van der Waals surface area (Å²) in [6.07, 6.45) is 1.39. The molecule has 2 heteroatoms. The van der Waals surface area contributed by atoms with Crippen molar-refractivity contribution in [3.05, 3.63) is 57.3 Å². The van der Waals surface area contributed by atoms with Crippen LogP contribution in [-0.4, -0.2) is 5.11 Å². The Kier molecular flexibility index (Phi) is 3.97. The van der Waals surface area contributed by atoms with Gasteiger partial charge in [0, 0.05) is 4.88 Å². The van der Waals surface area contributed by atoms with Gasteiger partial charge in [0.15, 0.2) is 0 Å². The zero-order valence-corrected chi connectivity index (χ0v) is 11.1. The summed E-state index contributed by atoms with van der Waals surface area (Å²) in [6, 6.07) is 10.4. The van der Waals surface area contributed by atoms with E-state index in [0.717, 1.165) is 18.4 Å². The minimum atomic E-state index is -0.334. The summed E-state index contributed by atoms with van der Waals surface area (Å²) in [7, 11) is 0. The Hall–Kier alpha value is -1.12. The van der Waals surface area contributed by atoms with Gasteiger partial charge in [0.25, 0.3) is 0 Å². The average Bonchev–Trinajstić information content (AvgIpc) is 2.74. The topological polar surface area (TPSA) is 20.2 Å². The maximum Gasteiger partial charge on any atom is 0.0801 e. The Morgan fingerprint density at radius 3 is 2.65 bits per heavy atom. The largest absolute Gasteiger partial charge is 0.388 e. The Morgan fingerprint density at radius 1 is 1.24 bits per heavy atom. The molecule has 1 aromatic carbocycles. The lowest BCUT2D eigenvalue weighted by Crippen LogP contribution is -1.99. The number of benzene rings is 1. The van der Waals surface area contributed by atoms with Crippen LogP contribution in [0.15, 0.2) is 35.7 Å². The van der Waals surface area contributed by atoms with Gasteiger partial charge in [-0.2, -0.15) is 0 Å². The number of aliphatic hydroxyl groups excluding tert-OH is 1. The summed E-state index contributed by atoms with van der Waals surface area (Å²) in [5, 5.41) is 12.1. The van der Waals surface area contributed by atoms with Crippen molar-refractivity contribution in [3.8, 4) is 0 Å². The quantitative estimate of drug-likeness (QED) is 0.863. The SMILES string of the molecule is Cc1cc(C(O)CCc2ccccc2C)cs1. The molecule has 90 valence electrons. The van der Waals surface area contributed by atoms with Crippen molar-refractivity contribution in [3.63, 3.8) is 0 Å². The van der Waals surface area contributed by atoms with Crippen LogP contribution >= 0.6 is 11.3 Å². The third-order valence-electron chi connectivity index (χ3n) is 3.08. The van der Waals surface area contributed by atoms with Gasteiger partial charge in [0.1, 0.15) is 0 Å². The van der Waals surface area contributed by atoms with Gasteiger partial charge in [0.2, 0.25) is 0 Å². The number of rotatable bonds is 4. The highest BCUT2D eigenvalue weighted by Crippen LogP contribution is 2.24. The molecule has 1 heterocycles. The van der Waals surface area contributed by atoms with E-state index in [0.29, 0.717) is 0 Å². The molecule has 1 N–H and O–H groups in total. The second kappa shape index (κ2) is 5.48. The predicted molar refractivity (Wildman–Crippen MR) is 73.5 cm³/mol. The van der Waals surface area contributed by atoms with E-state index in [1.165, 1.54) is 16.0 Å². The van der Waals surface area contributed by atoms with E-state index in [9.17, 15) is 5.11 Å². The van der Waals surface area contributed by atoms with Crippen LogP contribution in [0.3, 0.4) is 0 Å². The van der Waals surface area contributed by atoms with Crippen molar-refractivity contribution in [2.75, 3.05) is 0 Å². The molecule has 1 unspecified atom stereocenters. The van der Waals surface area contributed by atoms with Gasteiger partial charge >= 0.3 is 0 Å². The van der Waals surface area contributed by atoms with E-state index in [-0.39, 0.29) is 6.10 Å². The van der Waals surface area contributed by atoms with Crippen LogP contribution in [0, 0.1) is 13.8 Å². The molecule has 1 atom stereocenters. The van der Waals surface area contributed by atoms with E-state index in [1.807, 2.05) is 0 Å². The van der Waals surface area contributed by atoms with E-state index >= 15 is 0 Å². The molecule has 0 saturated carbocycles. The highest BCUT2D eigenvalue weighted by atomic mass is 32.1. The minimum Gasteiger partial charge on any atom is -0.388 e. The summed E-state index contributed by atoms with van der Waals surface area (Å²) in [5.41, 5.74) is 3.70. The standard InChI is InChI=1S/C15H18OS/c1-11-5-3-4-6-13(11)7-8-15(16)14-9-12(2)17-10-14/h3-6,9-10,15-16H,7-8H2,1-2H3. The van der Waals surface area contributed by atoms with Gasteiger partial charge in [0.05, 0.1) is 6.10 Å². The van der Waals surface area contributed by atoms with Crippen LogP contribution in [0.1, 0.15) is 34.1 Å². The van der Waals surface area contributed by atoms with Crippen molar-refractivity contribution in [2.45, 2.75) is 32.8 Å². The fourth-order valence-corrected chi connectivity index (χ4v) is 2.74. The number of thiophene rings is 1. The molecule has 0 aliphatic heterocycles. The molecule has 0 spiro atoms. The average molecular weight is 246 g/mol. The molecule has 0 aliphatic carbocycles. The molecule has 0 fully saturated rings. The monoisotopic (exact) mass is 246 g/mol. The normalized spacial score (nSPS) is 12.6. The summed E-state index contributed by atoms with van der Waals surface area (Å²) in [5.74, 6) is 0. The van der Waals surface area contributed by atoms with Crippen LogP contribution in [0.25, 0.3) is 0 Å². The fourth-order valence-electron chi connectivity index (χ4n) is 1.99. The molecular weight excluding hydrogens is 228 g/mol. The molecule has 0 bridgehead atoms. The van der Waals surface area contributed by atoms with Crippen LogP contribution < -0.4 is 0 Å². The minimum absolute atomic E-state index is 0.334. The second-order valence-electron chi connectivity index (χ2n) is 4.47. The Balaban J connectivity index is 1.97. The number of aliphatic hydroxyl groups is 1. The smallest absolute Gasteiger partial charge is 0.0801 e. The van der Waals surface area contributed by atoms with Gasteiger partial charge in [-0.25, -0.2) is 0 Å². The Labute approximate surface area is 107 Å². The fraction of sp³-hybridized carbons (Fsp3) is 0.333. The maximum atomic E-state index is 10.1. The second-order valence-corrected chi connectivity index (χ2v) is 5.59. The van der Waals surface area contributed by atoms with Crippen molar-refractivity contribution in [2.24, 2.45) is 0 Å². The first-order valence-electron chi connectivity index (χ1n) is 5.94. The first-order chi connectivity index (χ1) is 8.16. The highest BCUT2D eigenvalue weighted by molar-refractivity contribution is 7.10. The van der Waals surface area contributed by atoms with Crippen molar-refractivity contribution in [1.82, 2.24) is 0 Å². The molecule has 2 aromatic rings. The van der Waals surface area contributed by atoms with E-state index < -0.39 is 0 Å². The molecular formula is C15H18OS. The van der Waals surface area contributed by atoms with Gasteiger partial charge in [-0.15, -0.1) is 11.3 Å². The van der Waals surface area contributed by atoms with Gasteiger partial charge < -0.3 is 5.11 Å². The molecule has 2 rings (SSSR count). The van der Waals surface area contributed by atoms with Gasteiger partial charge in [-0.3, -0.25) is 0 Å². The Morgan fingerprint density at radius 2 is 2.00 bits per heavy atom. The van der Waals surface area contributed by atoms with E-state index in [1.54, 1.807) is 11.3 Å². The molecule has 0 radical (unpaired) electrons. The number of hydrogen-bond acceptors (Lipinski definition) is 2. The molecule has 0 amide bonds. The number of hydrogen-bond donors (Lipinski definition) is 1. The van der Waals surface area contributed by atoms with E-state index in [2.05, 4.69) is 49.6 Å². The first-order valence-corrected chi connectivity index (χ1v) is 6.82. The first kappa shape index (κ1) is 12.3. The van der Waals surface area contributed by atoms with Crippen molar-refractivity contribution in [1.29, 1.82) is 0 Å². The van der Waals surface area contributed by atoms with E-state index in [4.69, 9.17) is 0 Å². The zero-order chi connectivity index (χ0) is 12.3.